The van der Waals surface area contributed by atoms with Crippen LogP contribution in [0.3, 0.4) is 0 Å². The minimum atomic E-state index is -0.301. The molecule has 0 N–H and O–H groups in total. The molecule has 150 valence electrons. The number of hydrogen-bond donors (Lipinski definition) is 0. The van der Waals surface area contributed by atoms with E-state index in [1.54, 1.807) is 18.0 Å². The fourth-order valence-corrected chi connectivity index (χ4v) is 4.56. The second kappa shape index (κ2) is 8.59. The summed E-state index contributed by atoms with van der Waals surface area (Å²) in [6, 6.07) is 3.90. The summed E-state index contributed by atoms with van der Waals surface area (Å²) in [6.45, 7) is 0. The molecule has 3 aromatic rings. The first kappa shape index (κ1) is 20.0. The van der Waals surface area contributed by atoms with E-state index in [-0.39, 0.29) is 5.97 Å². The van der Waals surface area contributed by atoms with E-state index in [1.165, 1.54) is 36.4 Å². The van der Waals surface area contributed by atoms with Gasteiger partial charge in [-0.25, -0.2) is 19.3 Å². The predicted molar refractivity (Wildman–Crippen MR) is 118 cm³/mol. The number of carbonyl (C=O) groups is 1. The van der Waals surface area contributed by atoms with Crippen LogP contribution in [0.15, 0.2) is 28.5 Å². The first-order valence-corrected chi connectivity index (χ1v) is 11.9. The molecule has 2 heterocycles. The average Bonchev–Trinajstić information content (AvgIpc) is 3.18. The Morgan fingerprint density at radius 1 is 1.17 bits per heavy atom. The molecule has 0 unspecified atom stereocenters. The number of hydrogen-bond acceptors (Lipinski definition) is 7. The summed E-state index contributed by atoms with van der Waals surface area (Å²) in [5.41, 5.74) is 5.84. The topological polar surface area (TPSA) is 69.4 Å². The average molecular weight is 427 g/mol. The van der Waals surface area contributed by atoms with Crippen molar-refractivity contribution in [1.29, 1.82) is 0 Å². The van der Waals surface area contributed by atoms with Crippen molar-refractivity contribution in [3.63, 3.8) is 0 Å². The number of fused-ring (bicyclic) bond motifs is 2. The monoisotopic (exact) mass is 426 g/mol. The van der Waals surface area contributed by atoms with E-state index in [0.29, 0.717) is 10.7 Å². The van der Waals surface area contributed by atoms with E-state index < -0.39 is 0 Å². The fraction of sp³-hybridized carbons (Fsp3) is 0.333. The Balaban J connectivity index is 1.79. The second-order valence-electron chi connectivity index (χ2n) is 6.76. The molecular formula is C21H22N4O2S2. The van der Waals surface area contributed by atoms with Crippen LogP contribution < -0.4 is 0 Å². The molecule has 29 heavy (non-hydrogen) atoms. The van der Waals surface area contributed by atoms with Crippen LogP contribution in [0, 0.1) is 0 Å². The number of nitrogens with zero attached hydrogens (tertiary/aromatic N) is 4. The van der Waals surface area contributed by atoms with Crippen molar-refractivity contribution in [2.24, 2.45) is 0 Å². The Kier molecular flexibility index (Phi) is 5.91. The second-order valence-corrected chi connectivity index (χ2v) is 8.33. The number of benzene rings is 1. The van der Waals surface area contributed by atoms with Gasteiger partial charge in [-0.1, -0.05) is 17.8 Å². The molecule has 0 fully saturated rings. The molecule has 1 aromatic carbocycles. The smallest absolute Gasteiger partial charge is 0.337 e. The summed E-state index contributed by atoms with van der Waals surface area (Å²) in [6.07, 6.45) is 14.2. The molecule has 0 aliphatic heterocycles. The van der Waals surface area contributed by atoms with Gasteiger partial charge in [-0.05, 0) is 73.1 Å². The van der Waals surface area contributed by atoms with Crippen molar-refractivity contribution in [2.75, 3.05) is 19.6 Å². The van der Waals surface area contributed by atoms with Crippen molar-refractivity contribution in [2.45, 2.75) is 35.9 Å². The summed E-state index contributed by atoms with van der Waals surface area (Å²) in [4.78, 5) is 21.1. The third-order valence-electron chi connectivity index (χ3n) is 5.07. The van der Waals surface area contributed by atoms with Gasteiger partial charge in [0.15, 0.2) is 5.65 Å². The van der Waals surface area contributed by atoms with Crippen LogP contribution in [0.5, 0.6) is 0 Å². The molecular weight excluding hydrogens is 404 g/mol. The van der Waals surface area contributed by atoms with Gasteiger partial charge in [0.05, 0.1) is 24.6 Å². The van der Waals surface area contributed by atoms with Crippen molar-refractivity contribution < 1.29 is 9.53 Å². The van der Waals surface area contributed by atoms with Crippen molar-refractivity contribution in [3.8, 4) is 0 Å². The minimum absolute atomic E-state index is 0.301. The molecule has 4 rings (SSSR count). The number of aromatic nitrogens is 4. The number of imidazole rings is 1. The number of aryl methyl sites for hydroxylation is 1. The van der Waals surface area contributed by atoms with Gasteiger partial charge in [0.25, 0.3) is 0 Å². The first-order valence-electron chi connectivity index (χ1n) is 9.40. The number of methoxy groups -OCH3 is 1. The summed E-state index contributed by atoms with van der Waals surface area (Å²) >= 11 is 3.06. The largest absolute Gasteiger partial charge is 0.465 e. The molecule has 0 radical (unpaired) electrons. The Morgan fingerprint density at radius 3 is 2.76 bits per heavy atom. The van der Waals surface area contributed by atoms with Gasteiger partial charge in [-0.3, -0.25) is 0 Å². The van der Waals surface area contributed by atoms with E-state index in [4.69, 9.17) is 4.74 Å². The molecule has 8 heteroatoms. The van der Waals surface area contributed by atoms with E-state index in [0.717, 1.165) is 41.2 Å². The highest BCUT2D eigenvalue weighted by Crippen LogP contribution is 2.28. The lowest BCUT2D eigenvalue weighted by atomic mass is 9.86. The van der Waals surface area contributed by atoms with E-state index in [2.05, 4.69) is 21.1 Å². The van der Waals surface area contributed by atoms with Crippen molar-refractivity contribution in [1.82, 2.24) is 19.6 Å². The SMILES string of the molecule is COC(=O)c1cc(/C=C/c2cnc3c(SC)nc(SC)nn23)c2c(c1)CCCC2. The molecule has 2 aromatic heterocycles. The predicted octanol–water partition coefficient (Wildman–Crippen LogP) is 4.40. The summed E-state index contributed by atoms with van der Waals surface area (Å²) < 4.78 is 6.77. The zero-order valence-corrected chi connectivity index (χ0v) is 18.3. The Bertz CT molecular complexity index is 1110. The standard InChI is InChI=1S/C21H22N4O2S2/c1-27-20(26)15-10-13-6-4-5-7-17(13)14(11-15)8-9-16-12-22-18-19(28-2)23-21(29-3)24-25(16)18/h8-12H,4-7H2,1-3H3/b9-8+. The zero-order valence-electron chi connectivity index (χ0n) is 16.6. The maximum atomic E-state index is 12.1. The molecule has 0 saturated heterocycles. The van der Waals surface area contributed by atoms with Gasteiger partial charge < -0.3 is 4.74 Å². The van der Waals surface area contributed by atoms with Crippen LogP contribution in [-0.4, -0.2) is 45.2 Å². The highest BCUT2D eigenvalue weighted by molar-refractivity contribution is 7.99. The number of carbonyl (C=O) groups excluding carboxylic acids is 1. The third kappa shape index (κ3) is 3.91. The van der Waals surface area contributed by atoms with Gasteiger partial charge >= 0.3 is 5.97 Å². The van der Waals surface area contributed by atoms with Crippen molar-refractivity contribution in [3.05, 3.63) is 46.3 Å². The molecule has 0 amide bonds. The first-order chi connectivity index (χ1) is 14.1. The van der Waals surface area contributed by atoms with Crippen molar-refractivity contribution >= 4 is 47.3 Å². The Morgan fingerprint density at radius 2 is 2.00 bits per heavy atom. The number of thioether (sulfide) groups is 2. The molecule has 0 bridgehead atoms. The summed E-state index contributed by atoms with van der Waals surface area (Å²) in [5.74, 6) is -0.301. The molecule has 6 nitrogen and oxygen atoms in total. The van der Waals surface area contributed by atoms with Gasteiger partial charge in [0.1, 0.15) is 5.03 Å². The van der Waals surface area contributed by atoms with Gasteiger partial charge in [0, 0.05) is 0 Å². The van der Waals surface area contributed by atoms with Gasteiger partial charge in [-0.15, -0.1) is 16.9 Å². The van der Waals surface area contributed by atoms with Crippen LogP contribution in [0.1, 0.15) is 45.6 Å². The maximum Gasteiger partial charge on any atom is 0.337 e. The normalized spacial score (nSPS) is 13.8. The lowest BCUT2D eigenvalue weighted by molar-refractivity contribution is 0.0600. The third-order valence-corrected chi connectivity index (χ3v) is 6.27. The van der Waals surface area contributed by atoms with E-state index in [1.807, 2.05) is 35.2 Å². The zero-order chi connectivity index (χ0) is 20.4. The lowest BCUT2D eigenvalue weighted by Gasteiger charge is -2.19. The van der Waals surface area contributed by atoms with Crippen LogP contribution in [0.4, 0.5) is 0 Å². The number of rotatable bonds is 5. The maximum absolute atomic E-state index is 12.1. The lowest BCUT2D eigenvalue weighted by Crippen LogP contribution is -2.09. The highest BCUT2D eigenvalue weighted by Gasteiger charge is 2.17. The van der Waals surface area contributed by atoms with Crippen LogP contribution >= 0.6 is 23.5 Å². The molecule has 0 saturated carbocycles. The van der Waals surface area contributed by atoms with E-state index >= 15 is 0 Å². The molecule has 1 aliphatic rings. The Labute approximate surface area is 178 Å². The molecule has 1 aliphatic carbocycles. The molecule has 0 spiro atoms. The van der Waals surface area contributed by atoms with Crippen LogP contribution in [-0.2, 0) is 17.6 Å². The number of ether oxygens (including phenoxy) is 1. The number of esters is 1. The quantitative estimate of drug-likeness (QED) is 0.442. The molecule has 0 atom stereocenters. The summed E-state index contributed by atoms with van der Waals surface area (Å²) in [7, 11) is 1.42. The fourth-order valence-electron chi connectivity index (χ4n) is 3.65. The van der Waals surface area contributed by atoms with Gasteiger partial charge in [-0.2, -0.15) is 0 Å². The van der Waals surface area contributed by atoms with E-state index in [9.17, 15) is 4.79 Å². The van der Waals surface area contributed by atoms with Crippen LogP contribution in [0.25, 0.3) is 17.8 Å². The van der Waals surface area contributed by atoms with Crippen LogP contribution in [0.2, 0.25) is 0 Å². The highest BCUT2D eigenvalue weighted by atomic mass is 32.2. The van der Waals surface area contributed by atoms with Gasteiger partial charge in [0.2, 0.25) is 5.16 Å². The Hall–Kier alpha value is -2.32. The minimum Gasteiger partial charge on any atom is -0.465 e. The summed E-state index contributed by atoms with van der Waals surface area (Å²) in [5, 5.41) is 6.15.